The van der Waals surface area contributed by atoms with Crippen molar-refractivity contribution in [1.29, 1.82) is 0 Å². The SMILES string of the molecule is COCCc1nc2sc(C)c(-c3ccc(C)cc3)c2c(=O)[nH]1. The highest BCUT2D eigenvalue weighted by Crippen LogP contribution is 2.35. The first kappa shape index (κ1) is 14.9. The minimum absolute atomic E-state index is 0.0731. The van der Waals surface area contributed by atoms with Gasteiger partial charge in [-0.2, -0.15) is 0 Å². The minimum atomic E-state index is -0.0731. The molecule has 0 saturated carbocycles. The first-order valence-electron chi connectivity index (χ1n) is 7.18. The number of nitrogens with one attached hydrogen (secondary N) is 1. The summed E-state index contributed by atoms with van der Waals surface area (Å²) in [7, 11) is 1.64. The van der Waals surface area contributed by atoms with Crippen molar-refractivity contribution in [3.05, 3.63) is 50.9 Å². The van der Waals surface area contributed by atoms with Crippen molar-refractivity contribution >= 4 is 21.6 Å². The first-order chi connectivity index (χ1) is 10.6. The van der Waals surface area contributed by atoms with Crippen LogP contribution in [-0.4, -0.2) is 23.7 Å². The Kier molecular flexibility index (Phi) is 4.09. The number of aromatic amines is 1. The van der Waals surface area contributed by atoms with E-state index in [1.807, 2.05) is 6.92 Å². The normalized spacial score (nSPS) is 11.2. The largest absolute Gasteiger partial charge is 0.384 e. The van der Waals surface area contributed by atoms with Crippen molar-refractivity contribution in [2.45, 2.75) is 20.3 Å². The predicted octanol–water partition coefficient (Wildman–Crippen LogP) is 3.46. The van der Waals surface area contributed by atoms with Gasteiger partial charge in [-0.05, 0) is 19.4 Å². The van der Waals surface area contributed by atoms with Crippen LogP contribution in [0.15, 0.2) is 29.1 Å². The molecule has 2 heterocycles. The number of rotatable bonds is 4. The molecule has 0 amide bonds. The topological polar surface area (TPSA) is 55.0 Å². The molecule has 5 heteroatoms. The van der Waals surface area contributed by atoms with Crippen LogP contribution in [0.1, 0.15) is 16.3 Å². The van der Waals surface area contributed by atoms with Gasteiger partial charge < -0.3 is 9.72 Å². The second-order valence-electron chi connectivity index (χ2n) is 5.33. The fourth-order valence-corrected chi connectivity index (χ4v) is 3.61. The Morgan fingerprint density at radius 3 is 2.64 bits per heavy atom. The van der Waals surface area contributed by atoms with Crippen LogP contribution in [0.3, 0.4) is 0 Å². The van der Waals surface area contributed by atoms with E-state index in [1.54, 1.807) is 18.4 Å². The van der Waals surface area contributed by atoms with Crippen molar-refractivity contribution in [2.75, 3.05) is 13.7 Å². The molecule has 0 saturated heterocycles. The van der Waals surface area contributed by atoms with Crippen LogP contribution in [0.2, 0.25) is 0 Å². The van der Waals surface area contributed by atoms with Gasteiger partial charge >= 0.3 is 0 Å². The number of aromatic nitrogens is 2. The molecule has 1 aromatic carbocycles. The molecule has 0 aliphatic rings. The highest BCUT2D eigenvalue weighted by molar-refractivity contribution is 7.19. The maximum Gasteiger partial charge on any atom is 0.260 e. The smallest absolute Gasteiger partial charge is 0.260 e. The number of hydrogen-bond acceptors (Lipinski definition) is 4. The number of ether oxygens (including phenoxy) is 1. The van der Waals surface area contributed by atoms with Crippen molar-refractivity contribution in [1.82, 2.24) is 9.97 Å². The van der Waals surface area contributed by atoms with E-state index < -0.39 is 0 Å². The molecule has 0 spiro atoms. The Hall–Kier alpha value is -1.98. The molecule has 0 radical (unpaired) electrons. The Bertz CT molecular complexity index is 863. The lowest BCUT2D eigenvalue weighted by molar-refractivity contribution is 0.200. The molecule has 2 aromatic heterocycles. The van der Waals surface area contributed by atoms with Crippen molar-refractivity contribution in [3.8, 4) is 11.1 Å². The van der Waals surface area contributed by atoms with Crippen LogP contribution >= 0.6 is 11.3 Å². The molecule has 0 atom stereocenters. The van der Waals surface area contributed by atoms with Gasteiger partial charge in [-0.1, -0.05) is 29.8 Å². The van der Waals surface area contributed by atoms with Gasteiger partial charge in [-0.15, -0.1) is 11.3 Å². The molecule has 1 N–H and O–H groups in total. The summed E-state index contributed by atoms with van der Waals surface area (Å²) in [4.78, 5) is 21.9. The van der Waals surface area contributed by atoms with Crippen molar-refractivity contribution < 1.29 is 4.74 Å². The lowest BCUT2D eigenvalue weighted by Gasteiger charge is -2.03. The molecule has 3 rings (SSSR count). The molecular formula is C17H18N2O2S. The Balaban J connectivity index is 2.17. The third kappa shape index (κ3) is 2.69. The van der Waals surface area contributed by atoms with Gasteiger partial charge in [0.05, 0.1) is 12.0 Å². The second kappa shape index (κ2) is 6.02. The molecule has 0 bridgehead atoms. The number of thiophene rings is 1. The van der Waals surface area contributed by atoms with Crippen LogP contribution in [0, 0.1) is 13.8 Å². The number of H-pyrrole nitrogens is 1. The number of benzene rings is 1. The standard InChI is InChI=1S/C17H18N2O2S/c1-10-4-6-12(7-5-10)14-11(2)22-17-15(14)16(20)18-13(19-17)8-9-21-3/h4-7H,8-9H2,1-3H3,(H,18,19,20). The van der Waals surface area contributed by atoms with E-state index in [-0.39, 0.29) is 5.56 Å². The first-order valence-corrected chi connectivity index (χ1v) is 8.00. The highest BCUT2D eigenvalue weighted by Gasteiger charge is 2.16. The summed E-state index contributed by atoms with van der Waals surface area (Å²) in [5.41, 5.74) is 3.18. The maximum atomic E-state index is 12.5. The van der Waals surface area contributed by atoms with Crippen LogP contribution in [0.5, 0.6) is 0 Å². The maximum absolute atomic E-state index is 12.5. The van der Waals surface area contributed by atoms with Crippen LogP contribution < -0.4 is 5.56 Å². The Morgan fingerprint density at radius 2 is 1.95 bits per heavy atom. The zero-order chi connectivity index (χ0) is 15.7. The van der Waals surface area contributed by atoms with Gasteiger partial charge in [0.25, 0.3) is 5.56 Å². The minimum Gasteiger partial charge on any atom is -0.384 e. The molecule has 114 valence electrons. The predicted molar refractivity (Wildman–Crippen MR) is 90.7 cm³/mol. The third-order valence-electron chi connectivity index (χ3n) is 3.67. The summed E-state index contributed by atoms with van der Waals surface area (Å²) in [6, 6.07) is 8.24. The van der Waals surface area contributed by atoms with Crippen molar-refractivity contribution in [3.63, 3.8) is 0 Å². The van der Waals surface area contributed by atoms with E-state index in [2.05, 4.69) is 41.2 Å². The van der Waals surface area contributed by atoms with E-state index in [4.69, 9.17) is 4.74 Å². The number of nitrogens with zero attached hydrogens (tertiary/aromatic N) is 1. The molecule has 4 nitrogen and oxygen atoms in total. The molecule has 0 fully saturated rings. The van der Waals surface area contributed by atoms with E-state index in [0.29, 0.717) is 24.2 Å². The second-order valence-corrected chi connectivity index (χ2v) is 6.54. The lowest BCUT2D eigenvalue weighted by atomic mass is 10.0. The van der Waals surface area contributed by atoms with Gasteiger partial charge in [0, 0.05) is 24.0 Å². The van der Waals surface area contributed by atoms with Crippen LogP contribution in [0.4, 0.5) is 0 Å². The van der Waals surface area contributed by atoms with Gasteiger partial charge in [0.15, 0.2) is 0 Å². The summed E-state index contributed by atoms with van der Waals surface area (Å²) >= 11 is 1.57. The quantitative estimate of drug-likeness (QED) is 0.802. The fraction of sp³-hybridized carbons (Fsp3) is 0.294. The summed E-state index contributed by atoms with van der Waals surface area (Å²) in [6.45, 7) is 4.64. The van der Waals surface area contributed by atoms with Gasteiger partial charge in [-0.3, -0.25) is 4.79 Å². The van der Waals surface area contributed by atoms with Crippen LogP contribution in [-0.2, 0) is 11.2 Å². The lowest BCUT2D eigenvalue weighted by Crippen LogP contribution is -2.12. The summed E-state index contributed by atoms with van der Waals surface area (Å²) in [5.74, 6) is 0.677. The summed E-state index contributed by atoms with van der Waals surface area (Å²) < 4.78 is 5.05. The van der Waals surface area contributed by atoms with Gasteiger partial charge in [-0.25, -0.2) is 4.98 Å². The molecule has 22 heavy (non-hydrogen) atoms. The molecule has 0 aliphatic heterocycles. The number of methoxy groups -OCH3 is 1. The number of aryl methyl sites for hydroxylation is 2. The average Bonchev–Trinajstić information content (AvgIpc) is 2.82. The molecule has 3 aromatic rings. The molecule has 0 unspecified atom stereocenters. The fourth-order valence-electron chi connectivity index (χ4n) is 2.55. The average molecular weight is 314 g/mol. The Labute approximate surface area is 132 Å². The van der Waals surface area contributed by atoms with Crippen molar-refractivity contribution in [2.24, 2.45) is 0 Å². The summed E-state index contributed by atoms with van der Waals surface area (Å²) in [6.07, 6.45) is 0.610. The molecular weight excluding hydrogens is 296 g/mol. The van der Waals surface area contributed by atoms with E-state index in [9.17, 15) is 4.79 Å². The monoisotopic (exact) mass is 314 g/mol. The van der Waals surface area contributed by atoms with E-state index in [0.717, 1.165) is 20.8 Å². The number of fused-ring (bicyclic) bond motifs is 1. The van der Waals surface area contributed by atoms with Crippen LogP contribution in [0.25, 0.3) is 21.3 Å². The molecule has 0 aliphatic carbocycles. The zero-order valence-electron chi connectivity index (χ0n) is 12.9. The van der Waals surface area contributed by atoms with Gasteiger partial charge in [0.1, 0.15) is 10.7 Å². The zero-order valence-corrected chi connectivity index (χ0v) is 13.7. The Morgan fingerprint density at radius 1 is 1.23 bits per heavy atom. The van der Waals surface area contributed by atoms with Gasteiger partial charge in [0.2, 0.25) is 0 Å². The third-order valence-corrected chi connectivity index (χ3v) is 4.67. The van der Waals surface area contributed by atoms with E-state index in [1.165, 1.54) is 5.56 Å². The summed E-state index contributed by atoms with van der Waals surface area (Å²) in [5, 5.41) is 0.688. The number of hydrogen-bond donors (Lipinski definition) is 1. The highest BCUT2D eigenvalue weighted by atomic mass is 32.1. The van der Waals surface area contributed by atoms with E-state index >= 15 is 0 Å².